The van der Waals surface area contributed by atoms with E-state index in [2.05, 4.69) is 5.32 Å². The van der Waals surface area contributed by atoms with Crippen LogP contribution in [0.15, 0.2) is 48.5 Å². The number of likely N-dealkylation sites (N-methyl/N-ethyl adjacent to an activating group) is 1. The maximum Gasteiger partial charge on any atom is 0.269 e. The molecule has 1 aliphatic rings. The Morgan fingerprint density at radius 2 is 2.04 bits per heavy atom. The van der Waals surface area contributed by atoms with Gasteiger partial charge >= 0.3 is 0 Å². The van der Waals surface area contributed by atoms with Crippen molar-refractivity contribution < 1.29 is 19.1 Å². The molecule has 24 heavy (non-hydrogen) atoms. The van der Waals surface area contributed by atoms with Crippen LogP contribution in [0.4, 0.5) is 5.69 Å². The van der Waals surface area contributed by atoms with Gasteiger partial charge in [-0.05, 0) is 30.3 Å². The second kappa shape index (κ2) is 6.62. The molecule has 0 bridgehead atoms. The van der Waals surface area contributed by atoms with Crippen LogP contribution in [0.25, 0.3) is 0 Å². The molecular formula is C18H18N2O4. The van der Waals surface area contributed by atoms with E-state index < -0.39 is 6.10 Å². The minimum Gasteiger partial charge on any atom is -0.497 e. The van der Waals surface area contributed by atoms with Crippen molar-refractivity contribution in [2.45, 2.75) is 6.10 Å². The molecule has 1 atom stereocenters. The smallest absolute Gasteiger partial charge is 0.269 e. The summed E-state index contributed by atoms with van der Waals surface area (Å²) in [6.07, 6.45) is -0.751. The zero-order valence-corrected chi connectivity index (χ0v) is 13.5. The second-order valence-corrected chi connectivity index (χ2v) is 5.41. The average molecular weight is 326 g/mol. The van der Waals surface area contributed by atoms with E-state index in [-0.39, 0.29) is 18.4 Å². The highest BCUT2D eigenvalue weighted by Gasteiger charge is 2.32. The van der Waals surface area contributed by atoms with Crippen molar-refractivity contribution in [3.05, 3.63) is 54.1 Å². The molecule has 1 unspecified atom stereocenters. The fourth-order valence-electron chi connectivity index (χ4n) is 2.55. The summed E-state index contributed by atoms with van der Waals surface area (Å²) in [6, 6.07) is 14.1. The Morgan fingerprint density at radius 1 is 1.25 bits per heavy atom. The molecular weight excluding hydrogens is 308 g/mol. The van der Waals surface area contributed by atoms with E-state index in [0.29, 0.717) is 17.1 Å². The molecule has 1 aliphatic heterocycles. The number of para-hydroxylation sites is 2. The van der Waals surface area contributed by atoms with E-state index in [9.17, 15) is 9.59 Å². The molecule has 0 fully saturated rings. The highest BCUT2D eigenvalue weighted by molar-refractivity contribution is 6.00. The third-order valence-corrected chi connectivity index (χ3v) is 3.88. The first-order valence-electron chi connectivity index (χ1n) is 7.55. The van der Waals surface area contributed by atoms with E-state index in [1.165, 1.54) is 0 Å². The number of ether oxygens (including phenoxy) is 2. The summed E-state index contributed by atoms with van der Waals surface area (Å²) in [5.74, 6) is 0.744. The maximum absolute atomic E-state index is 12.4. The van der Waals surface area contributed by atoms with Gasteiger partial charge in [0, 0.05) is 12.6 Å². The highest BCUT2D eigenvalue weighted by atomic mass is 16.5. The van der Waals surface area contributed by atoms with Gasteiger partial charge < -0.3 is 19.7 Å². The summed E-state index contributed by atoms with van der Waals surface area (Å²) in [6.45, 7) is 0.0908. The molecule has 6 nitrogen and oxygen atoms in total. The number of rotatable bonds is 4. The zero-order valence-electron chi connectivity index (χ0n) is 13.5. The van der Waals surface area contributed by atoms with Crippen LogP contribution in [0.3, 0.4) is 0 Å². The van der Waals surface area contributed by atoms with Gasteiger partial charge in [0.25, 0.3) is 11.8 Å². The standard InChI is InChI=1S/C18H18N2O4/c1-20-14-8-3-4-9-15(14)24-16(18(20)22)11-19-17(21)12-6-5-7-13(10-12)23-2/h3-10,16H,11H2,1-2H3,(H,19,21). The first-order valence-corrected chi connectivity index (χ1v) is 7.55. The Morgan fingerprint density at radius 3 is 2.83 bits per heavy atom. The van der Waals surface area contributed by atoms with Crippen LogP contribution in [0.5, 0.6) is 11.5 Å². The number of methoxy groups -OCH3 is 1. The monoisotopic (exact) mass is 326 g/mol. The maximum atomic E-state index is 12.4. The van der Waals surface area contributed by atoms with Crippen molar-refractivity contribution in [1.29, 1.82) is 0 Å². The molecule has 124 valence electrons. The number of amides is 2. The van der Waals surface area contributed by atoms with Crippen LogP contribution in [0.2, 0.25) is 0 Å². The van der Waals surface area contributed by atoms with Crippen molar-refractivity contribution >= 4 is 17.5 Å². The number of fused-ring (bicyclic) bond motifs is 1. The summed E-state index contributed by atoms with van der Waals surface area (Å²) in [7, 11) is 3.24. The summed E-state index contributed by atoms with van der Waals surface area (Å²) >= 11 is 0. The first-order chi connectivity index (χ1) is 11.6. The molecule has 3 rings (SSSR count). The Balaban J connectivity index is 1.68. The average Bonchev–Trinajstić information content (AvgIpc) is 2.63. The minimum atomic E-state index is -0.751. The fourth-order valence-corrected chi connectivity index (χ4v) is 2.55. The number of anilines is 1. The summed E-state index contributed by atoms with van der Waals surface area (Å²) in [5, 5.41) is 2.73. The largest absolute Gasteiger partial charge is 0.497 e. The molecule has 0 aliphatic carbocycles. The fraction of sp³-hybridized carbons (Fsp3) is 0.222. The Kier molecular flexibility index (Phi) is 4.37. The lowest BCUT2D eigenvalue weighted by Gasteiger charge is -2.31. The number of hydrogen-bond acceptors (Lipinski definition) is 4. The van der Waals surface area contributed by atoms with E-state index in [1.54, 1.807) is 49.4 Å². The molecule has 0 saturated heterocycles. The Labute approximate surface area is 140 Å². The molecule has 0 saturated carbocycles. The number of nitrogens with zero attached hydrogens (tertiary/aromatic N) is 1. The Bertz CT molecular complexity index is 775. The van der Waals surface area contributed by atoms with Crippen molar-refractivity contribution in [3.8, 4) is 11.5 Å². The molecule has 1 heterocycles. The van der Waals surface area contributed by atoms with Crippen LogP contribution in [-0.4, -0.2) is 38.6 Å². The van der Waals surface area contributed by atoms with Crippen molar-refractivity contribution in [1.82, 2.24) is 5.32 Å². The molecule has 1 N–H and O–H groups in total. The molecule has 2 amide bonds. The molecule has 0 aromatic heterocycles. The van der Waals surface area contributed by atoms with Gasteiger partial charge in [0.05, 0.1) is 19.3 Å². The van der Waals surface area contributed by atoms with E-state index >= 15 is 0 Å². The van der Waals surface area contributed by atoms with Crippen molar-refractivity contribution in [2.75, 3.05) is 25.6 Å². The normalized spacial score (nSPS) is 16.2. The summed E-state index contributed by atoms with van der Waals surface area (Å²) < 4.78 is 10.8. The van der Waals surface area contributed by atoms with Crippen LogP contribution >= 0.6 is 0 Å². The zero-order chi connectivity index (χ0) is 17.1. The number of carbonyl (C=O) groups is 2. The number of hydrogen-bond donors (Lipinski definition) is 1. The van der Waals surface area contributed by atoms with Crippen molar-refractivity contribution in [2.24, 2.45) is 0 Å². The van der Waals surface area contributed by atoms with Gasteiger partial charge in [-0.2, -0.15) is 0 Å². The molecule has 6 heteroatoms. The number of benzene rings is 2. The number of nitrogens with one attached hydrogen (secondary N) is 1. The molecule has 0 spiro atoms. The molecule has 2 aromatic carbocycles. The van der Waals surface area contributed by atoms with Gasteiger partial charge in [0.15, 0.2) is 6.10 Å². The van der Waals surface area contributed by atoms with E-state index in [1.807, 2.05) is 18.2 Å². The predicted octanol–water partition coefficient (Wildman–Crippen LogP) is 1.85. The van der Waals surface area contributed by atoms with Crippen LogP contribution in [-0.2, 0) is 4.79 Å². The third kappa shape index (κ3) is 3.03. The van der Waals surface area contributed by atoms with Gasteiger partial charge in [-0.3, -0.25) is 9.59 Å². The van der Waals surface area contributed by atoms with E-state index in [4.69, 9.17) is 9.47 Å². The summed E-state index contributed by atoms with van der Waals surface area (Å²) in [4.78, 5) is 26.2. The lowest BCUT2D eigenvalue weighted by atomic mass is 10.1. The quantitative estimate of drug-likeness (QED) is 0.931. The number of carbonyl (C=O) groups excluding carboxylic acids is 2. The predicted molar refractivity (Wildman–Crippen MR) is 89.6 cm³/mol. The topological polar surface area (TPSA) is 67.9 Å². The van der Waals surface area contributed by atoms with Crippen molar-refractivity contribution in [3.63, 3.8) is 0 Å². The highest BCUT2D eigenvalue weighted by Crippen LogP contribution is 2.32. The van der Waals surface area contributed by atoms with Crippen LogP contribution in [0.1, 0.15) is 10.4 Å². The molecule has 2 aromatic rings. The van der Waals surface area contributed by atoms with Gasteiger partial charge in [-0.15, -0.1) is 0 Å². The van der Waals surface area contributed by atoms with Gasteiger partial charge in [0.1, 0.15) is 11.5 Å². The third-order valence-electron chi connectivity index (χ3n) is 3.88. The van der Waals surface area contributed by atoms with Crippen LogP contribution < -0.4 is 19.7 Å². The second-order valence-electron chi connectivity index (χ2n) is 5.41. The van der Waals surface area contributed by atoms with Gasteiger partial charge in [-0.1, -0.05) is 18.2 Å². The Hall–Kier alpha value is -3.02. The van der Waals surface area contributed by atoms with Gasteiger partial charge in [0.2, 0.25) is 0 Å². The minimum absolute atomic E-state index is 0.0908. The van der Waals surface area contributed by atoms with Crippen LogP contribution in [0, 0.1) is 0 Å². The van der Waals surface area contributed by atoms with Gasteiger partial charge in [-0.25, -0.2) is 0 Å². The summed E-state index contributed by atoms with van der Waals surface area (Å²) in [5.41, 5.74) is 1.18. The lowest BCUT2D eigenvalue weighted by Crippen LogP contribution is -2.49. The lowest BCUT2D eigenvalue weighted by molar-refractivity contribution is -0.125. The molecule has 0 radical (unpaired) electrons. The SMILES string of the molecule is COc1cccc(C(=O)NCC2Oc3ccccc3N(C)C2=O)c1. The van der Waals surface area contributed by atoms with E-state index in [0.717, 1.165) is 5.69 Å². The first kappa shape index (κ1) is 15.9.